The van der Waals surface area contributed by atoms with Crippen LogP contribution in [0.1, 0.15) is 60.8 Å². The topological polar surface area (TPSA) is 0 Å². The van der Waals surface area contributed by atoms with Gasteiger partial charge in [0.05, 0.1) is 0 Å². The molecule has 0 heterocycles. The Bertz CT molecular complexity index is 127. The Labute approximate surface area is 77.7 Å². The van der Waals surface area contributed by atoms with Crippen molar-refractivity contribution in [3.63, 3.8) is 0 Å². The second kappa shape index (κ2) is 2.49. The standard InChI is InChI=1S/C12H24/c1-10(2)7-11(3,4)9-12(5,6)8-10/h7-9H2,1-6H3. The Balaban J connectivity index is 2.81. The third kappa shape index (κ3) is 2.50. The van der Waals surface area contributed by atoms with Gasteiger partial charge in [0.2, 0.25) is 0 Å². The molecule has 0 atom stereocenters. The minimum Gasteiger partial charge on any atom is -0.0599 e. The Morgan fingerprint density at radius 2 is 0.667 bits per heavy atom. The Hall–Kier alpha value is 0. The molecule has 1 fully saturated rings. The highest BCUT2D eigenvalue weighted by Gasteiger charge is 2.41. The average molecular weight is 168 g/mol. The van der Waals surface area contributed by atoms with Crippen LogP contribution in [0.3, 0.4) is 0 Å². The van der Waals surface area contributed by atoms with Crippen LogP contribution >= 0.6 is 0 Å². The van der Waals surface area contributed by atoms with E-state index in [1.54, 1.807) is 0 Å². The lowest BCUT2D eigenvalue weighted by molar-refractivity contribution is 0.0203. The normalized spacial score (nSPS) is 31.5. The molecule has 0 aromatic carbocycles. The Kier molecular flexibility index (Phi) is 2.10. The summed E-state index contributed by atoms with van der Waals surface area (Å²) in [6, 6.07) is 0. The average Bonchev–Trinajstić information content (AvgIpc) is 1.44. The van der Waals surface area contributed by atoms with E-state index in [4.69, 9.17) is 0 Å². The van der Waals surface area contributed by atoms with Gasteiger partial charge in [0.25, 0.3) is 0 Å². The minimum atomic E-state index is 0.547. The molecule has 1 rings (SSSR count). The van der Waals surface area contributed by atoms with Crippen molar-refractivity contribution in [2.24, 2.45) is 16.2 Å². The predicted molar refractivity (Wildman–Crippen MR) is 55.2 cm³/mol. The highest BCUT2D eigenvalue weighted by atomic mass is 14.5. The van der Waals surface area contributed by atoms with Crippen LogP contribution in [0.4, 0.5) is 0 Å². The highest BCUT2D eigenvalue weighted by Crippen LogP contribution is 2.53. The molecule has 1 saturated carbocycles. The van der Waals surface area contributed by atoms with Gasteiger partial charge < -0.3 is 0 Å². The van der Waals surface area contributed by atoms with Gasteiger partial charge in [-0.05, 0) is 35.5 Å². The maximum Gasteiger partial charge on any atom is -0.0344 e. The van der Waals surface area contributed by atoms with Crippen LogP contribution in [0.25, 0.3) is 0 Å². The fourth-order valence-electron chi connectivity index (χ4n) is 4.07. The first-order valence-electron chi connectivity index (χ1n) is 5.12. The third-order valence-corrected chi connectivity index (χ3v) is 2.87. The van der Waals surface area contributed by atoms with Crippen LogP contribution in [0, 0.1) is 16.2 Å². The van der Waals surface area contributed by atoms with Gasteiger partial charge in [-0.3, -0.25) is 0 Å². The van der Waals surface area contributed by atoms with E-state index in [0.29, 0.717) is 16.2 Å². The van der Waals surface area contributed by atoms with Gasteiger partial charge in [0, 0.05) is 0 Å². The SMILES string of the molecule is CC1(C)CC(C)(C)CC(C)(C)C1. The summed E-state index contributed by atoms with van der Waals surface area (Å²) in [7, 11) is 0. The largest absolute Gasteiger partial charge is 0.0599 e. The fraction of sp³-hybridized carbons (Fsp3) is 1.00. The summed E-state index contributed by atoms with van der Waals surface area (Å²) in [6.45, 7) is 14.5. The van der Waals surface area contributed by atoms with Crippen LogP contribution in [0.2, 0.25) is 0 Å². The van der Waals surface area contributed by atoms with Crippen molar-refractivity contribution < 1.29 is 0 Å². The third-order valence-electron chi connectivity index (χ3n) is 2.87. The quantitative estimate of drug-likeness (QED) is 0.507. The Morgan fingerprint density at radius 1 is 0.500 bits per heavy atom. The molecule has 0 amide bonds. The van der Waals surface area contributed by atoms with Crippen LogP contribution in [-0.4, -0.2) is 0 Å². The van der Waals surface area contributed by atoms with Gasteiger partial charge in [-0.1, -0.05) is 41.5 Å². The molecule has 0 bridgehead atoms. The fourth-order valence-corrected chi connectivity index (χ4v) is 4.07. The zero-order valence-electron chi connectivity index (χ0n) is 9.62. The maximum atomic E-state index is 2.41. The van der Waals surface area contributed by atoms with Crippen molar-refractivity contribution in [2.75, 3.05) is 0 Å². The molecular weight excluding hydrogens is 144 g/mol. The zero-order chi connectivity index (χ0) is 9.62. The second-order valence-corrected chi connectivity index (χ2v) is 7.02. The maximum absolute atomic E-state index is 2.41. The molecule has 72 valence electrons. The molecule has 0 aromatic heterocycles. The van der Waals surface area contributed by atoms with Crippen molar-refractivity contribution in [1.82, 2.24) is 0 Å². The van der Waals surface area contributed by atoms with Gasteiger partial charge in [-0.25, -0.2) is 0 Å². The summed E-state index contributed by atoms with van der Waals surface area (Å²) < 4.78 is 0. The molecule has 0 nitrogen and oxygen atoms in total. The van der Waals surface area contributed by atoms with E-state index in [9.17, 15) is 0 Å². The summed E-state index contributed by atoms with van der Waals surface area (Å²) in [5.41, 5.74) is 1.64. The van der Waals surface area contributed by atoms with Crippen LogP contribution in [0.5, 0.6) is 0 Å². The Morgan fingerprint density at radius 3 is 0.833 bits per heavy atom. The minimum absolute atomic E-state index is 0.547. The van der Waals surface area contributed by atoms with Crippen molar-refractivity contribution in [3.8, 4) is 0 Å². The van der Waals surface area contributed by atoms with Gasteiger partial charge in [-0.2, -0.15) is 0 Å². The van der Waals surface area contributed by atoms with Crippen molar-refractivity contribution in [1.29, 1.82) is 0 Å². The molecule has 0 aromatic rings. The number of hydrogen-bond donors (Lipinski definition) is 0. The smallest absolute Gasteiger partial charge is 0.0344 e. The molecule has 1 aliphatic carbocycles. The lowest BCUT2D eigenvalue weighted by Crippen LogP contribution is -2.38. The van der Waals surface area contributed by atoms with Crippen molar-refractivity contribution >= 4 is 0 Å². The molecule has 0 N–H and O–H groups in total. The summed E-state index contributed by atoms with van der Waals surface area (Å²) >= 11 is 0. The summed E-state index contributed by atoms with van der Waals surface area (Å²) in [5.74, 6) is 0. The van der Waals surface area contributed by atoms with Crippen LogP contribution in [0.15, 0.2) is 0 Å². The van der Waals surface area contributed by atoms with Crippen molar-refractivity contribution in [3.05, 3.63) is 0 Å². The first-order valence-corrected chi connectivity index (χ1v) is 5.12. The molecule has 0 aliphatic heterocycles. The lowest BCUT2D eigenvalue weighted by atomic mass is 9.56. The van der Waals surface area contributed by atoms with Gasteiger partial charge in [-0.15, -0.1) is 0 Å². The number of rotatable bonds is 0. The molecule has 0 unspecified atom stereocenters. The van der Waals surface area contributed by atoms with E-state index >= 15 is 0 Å². The summed E-state index contributed by atoms with van der Waals surface area (Å²) in [4.78, 5) is 0. The second-order valence-electron chi connectivity index (χ2n) is 7.02. The van der Waals surface area contributed by atoms with Crippen LogP contribution in [-0.2, 0) is 0 Å². The molecule has 0 spiro atoms. The van der Waals surface area contributed by atoms with Gasteiger partial charge in [0.1, 0.15) is 0 Å². The summed E-state index contributed by atoms with van der Waals surface area (Å²) in [6.07, 6.45) is 4.14. The van der Waals surface area contributed by atoms with E-state index in [0.717, 1.165) is 0 Å². The van der Waals surface area contributed by atoms with Crippen LogP contribution < -0.4 is 0 Å². The molecule has 0 radical (unpaired) electrons. The molecular formula is C12H24. The first kappa shape index (κ1) is 10.1. The van der Waals surface area contributed by atoms with Crippen molar-refractivity contribution in [2.45, 2.75) is 60.8 Å². The lowest BCUT2D eigenvalue weighted by Gasteiger charge is -2.49. The molecule has 12 heavy (non-hydrogen) atoms. The van der Waals surface area contributed by atoms with E-state index in [-0.39, 0.29) is 0 Å². The highest BCUT2D eigenvalue weighted by molar-refractivity contribution is 4.92. The van der Waals surface area contributed by atoms with E-state index in [1.165, 1.54) is 19.3 Å². The predicted octanol–water partition coefficient (Wildman–Crippen LogP) is 4.25. The first-order chi connectivity index (χ1) is 5.12. The monoisotopic (exact) mass is 168 g/mol. The van der Waals surface area contributed by atoms with E-state index in [2.05, 4.69) is 41.5 Å². The van der Waals surface area contributed by atoms with E-state index < -0.39 is 0 Å². The molecule has 0 heteroatoms. The van der Waals surface area contributed by atoms with E-state index in [1.807, 2.05) is 0 Å². The van der Waals surface area contributed by atoms with Gasteiger partial charge >= 0.3 is 0 Å². The zero-order valence-corrected chi connectivity index (χ0v) is 9.62. The number of hydrogen-bond acceptors (Lipinski definition) is 0. The molecule has 1 aliphatic rings. The van der Waals surface area contributed by atoms with Gasteiger partial charge in [0.15, 0.2) is 0 Å². The summed E-state index contributed by atoms with van der Waals surface area (Å²) in [5, 5.41) is 0. The molecule has 0 saturated heterocycles.